The lowest BCUT2D eigenvalue weighted by Gasteiger charge is -2.16. The van der Waals surface area contributed by atoms with Crippen LogP contribution in [0.1, 0.15) is 11.7 Å². The summed E-state index contributed by atoms with van der Waals surface area (Å²) in [5.41, 5.74) is 7.63. The van der Waals surface area contributed by atoms with Gasteiger partial charge in [-0.2, -0.15) is 13.8 Å². The largest absolute Gasteiger partial charge is 0.390 e. The fourth-order valence-corrected chi connectivity index (χ4v) is 1.07. The quantitative estimate of drug-likeness (QED) is 0.350. The van der Waals surface area contributed by atoms with Crippen molar-refractivity contribution in [2.24, 2.45) is 5.11 Å². The maximum absolute atomic E-state index is 13.1. The Morgan fingerprint density at radius 2 is 2.12 bits per heavy atom. The van der Waals surface area contributed by atoms with E-state index in [0.29, 0.717) is 0 Å². The number of aliphatic hydroxyl groups excluding tert-OH is 2. The molecule has 0 fully saturated rings. The van der Waals surface area contributed by atoms with Crippen LogP contribution in [-0.4, -0.2) is 27.8 Å². The molecular weight excluding hydrogens is 222 g/mol. The van der Waals surface area contributed by atoms with E-state index in [0.717, 1.165) is 12.1 Å². The van der Waals surface area contributed by atoms with E-state index < -0.39 is 30.6 Å². The number of aromatic nitrogens is 1. The van der Waals surface area contributed by atoms with Gasteiger partial charge in [-0.25, -0.2) is 0 Å². The molecule has 1 aromatic rings. The molecule has 1 aromatic heterocycles. The third-order valence-electron chi connectivity index (χ3n) is 1.86. The zero-order valence-corrected chi connectivity index (χ0v) is 7.96. The molecule has 0 aromatic carbocycles. The first-order chi connectivity index (χ1) is 7.56. The van der Waals surface area contributed by atoms with Crippen LogP contribution in [0.25, 0.3) is 10.4 Å². The van der Waals surface area contributed by atoms with Crippen LogP contribution < -0.4 is 0 Å². The van der Waals surface area contributed by atoms with Crippen LogP contribution in [0, 0.1) is 11.9 Å². The normalized spacial score (nSPS) is 14.0. The smallest absolute Gasteiger partial charge is 0.221 e. The number of halogens is 2. The summed E-state index contributed by atoms with van der Waals surface area (Å²) in [7, 11) is 0. The molecule has 86 valence electrons. The Hall–Kier alpha value is -1.76. The van der Waals surface area contributed by atoms with Crippen molar-refractivity contribution in [1.29, 1.82) is 0 Å². The number of hydrogen-bond donors (Lipinski definition) is 2. The zero-order valence-electron chi connectivity index (χ0n) is 7.96. The first kappa shape index (κ1) is 12.3. The lowest BCUT2D eigenvalue weighted by molar-refractivity contribution is 0.0216. The van der Waals surface area contributed by atoms with Gasteiger partial charge < -0.3 is 10.2 Å². The van der Waals surface area contributed by atoms with E-state index in [4.69, 9.17) is 5.53 Å². The molecule has 0 radical (unpaired) electrons. The Balaban J connectivity index is 2.86. The van der Waals surface area contributed by atoms with E-state index >= 15 is 0 Å². The van der Waals surface area contributed by atoms with Crippen molar-refractivity contribution in [3.05, 3.63) is 40.0 Å². The van der Waals surface area contributed by atoms with Crippen LogP contribution in [0.2, 0.25) is 0 Å². The van der Waals surface area contributed by atoms with Gasteiger partial charge in [0.2, 0.25) is 11.9 Å². The average Bonchev–Trinajstić information content (AvgIpc) is 2.25. The zero-order chi connectivity index (χ0) is 12.1. The highest BCUT2D eigenvalue weighted by Crippen LogP contribution is 2.19. The van der Waals surface area contributed by atoms with Gasteiger partial charge in [0.25, 0.3) is 0 Å². The molecule has 1 heterocycles. The summed E-state index contributed by atoms with van der Waals surface area (Å²) in [6.45, 7) is -0.422. The molecule has 0 bridgehead atoms. The van der Waals surface area contributed by atoms with E-state index in [1.165, 1.54) is 0 Å². The van der Waals surface area contributed by atoms with Crippen molar-refractivity contribution in [3.63, 3.8) is 0 Å². The maximum atomic E-state index is 13.1. The maximum Gasteiger partial charge on any atom is 0.221 e. The van der Waals surface area contributed by atoms with Crippen molar-refractivity contribution < 1.29 is 19.0 Å². The summed E-state index contributed by atoms with van der Waals surface area (Å²) < 4.78 is 25.5. The van der Waals surface area contributed by atoms with Crippen LogP contribution in [-0.2, 0) is 0 Å². The lowest BCUT2D eigenvalue weighted by atomic mass is 10.1. The molecule has 6 nitrogen and oxygen atoms in total. The second-order valence-corrected chi connectivity index (χ2v) is 2.94. The molecule has 1 rings (SSSR count). The number of nitrogens with zero attached hydrogens (tertiary/aromatic N) is 4. The minimum absolute atomic E-state index is 0.359. The van der Waals surface area contributed by atoms with E-state index in [1.807, 2.05) is 0 Å². The molecular formula is C8H8F2N4O2. The molecule has 2 unspecified atom stereocenters. The Bertz CT molecular complexity index is 422. The lowest BCUT2D eigenvalue weighted by Crippen LogP contribution is -2.22. The van der Waals surface area contributed by atoms with Gasteiger partial charge in [0, 0.05) is 10.5 Å². The number of rotatable bonds is 4. The molecule has 0 saturated carbocycles. The van der Waals surface area contributed by atoms with E-state index in [-0.39, 0.29) is 5.56 Å². The van der Waals surface area contributed by atoms with Gasteiger partial charge in [-0.1, -0.05) is 5.11 Å². The average molecular weight is 230 g/mol. The minimum atomic E-state index is -1.63. The van der Waals surface area contributed by atoms with Gasteiger partial charge in [-0.05, 0) is 17.7 Å². The summed E-state index contributed by atoms with van der Waals surface area (Å²) in [5, 5.41) is 21.8. The highest BCUT2D eigenvalue weighted by molar-refractivity contribution is 5.15. The summed E-state index contributed by atoms with van der Waals surface area (Å²) in [6, 6.07) is 1.81. The standard InChI is InChI=1S/C8H8F2N4O2/c9-6-2-1-4(8(10)13-6)7(16)5(15)3-12-14-11/h1-2,5,7,15-16H,3H2. The van der Waals surface area contributed by atoms with Crippen LogP contribution in [0.5, 0.6) is 0 Å². The van der Waals surface area contributed by atoms with E-state index in [1.54, 1.807) is 0 Å². The van der Waals surface area contributed by atoms with E-state index in [9.17, 15) is 19.0 Å². The third kappa shape index (κ3) is 2.86. The van der Waals surface area contributed by atoms with Gasteiger partial charge in [-0.3, -0.25) is 0 Å². The Kier molecular flexibility index (Phi) is 4.12. The molecule has 0 aliphatic carbocycles. The third-order valence-corrected chi connectivity index (χ3v) is 1.86. The van der Waals surface area contributed by atoms with Crippen molar-refractivity contribution in [1.82, 2.24) is 4.98 Å². The fraction of sp³-hybridized carbons (Fsp3) is 0.375. The fourth-order valence-electron chi connectivity index (χ4n) is 1.07. The second-order valence-electron chi connectivity index (χ2n) is 2.94. The van der Waals surface area contributed by atoms with Gasteiger partial charge in [0.15, 0.2) is 0 Å². The molecule has 0 spiro atoms. The highest BCUT2D eigenvalue weighted by atomic mass is 19.1. The molecule has 0 aliphatic heterocycles. The van der Waals surface area contributed by atoms with E-state index in [2.05, 4.69) is 15.0 Å². The van der Waals surface area contributed by atoms with Gasteiger partial charge in [0.1, 0.15) is 6.10 Å². The molecule has 16 heavy (non-hydrogen) atoms. The Morgan fingerprint density at radius 1 is 1.44 bits per heavy atom. The van der Waals surface area contributed by atoms with Gasteiger partial charge >= 0.3 is 0 Å². The number of hydrogen-bond acceptors (Lipinski definition) is 4. The molecule has 8 heteroatoms. The number of aliphatic hydroxyl groups is 2. The summed E-state index contributed by atoms with van der Waals surface area (Å²) in [5.74, 6) is -2.24. The summed E-state index contributed by atoms with van der Waals surface area (Å²) in [4.78, 5) is 5.22. The van der Waals surface area contributed by atoms with Crippen LogP contribution in [0.3, 0.4) is 0 Å². The van der Waals surface area contributed by atoms with Crippen molar-refractivity contribution in [3.8, 4) is 0 Å². The van der Waals surface area contributed by atoms with Crippen molar-refractivity contribution in [2.75, 3.05) is 6.54 Å². The van der Waals surface area contributed by atoms with Crippen LogP contribution in [0.15, 0.2) is 17.2 Å². The topological polar surface area (TPSA) is 102 Å². The predicted octanol–water partition coefficient (Wildman–Crippen LogP) is 1.06. The molecule has 0 saturated heterocycles. The van der Waals surface area contributed by atoms with Crippen LogP contribution >= 0.6 is 0 Å². The van der Waals surface area contributed by atoms with Crippen molar-refractivity contribution in [2.45, 2.75) is 12.2 Å². The highest BCUT2D eigenvalue weighted by Gasteiger charge is 2.21. The summed E-state index contributed by atoms with van der Waals surface area (Å²) >= 11 is 0. The molecule has 2 N–H and O–H groups in total. The Morgan fingerprint density at radius 3 is 2.69 bits per heavy atom. The van der Waals surface area contributed by atoms with Gasteiger partial charge in [0.05, 0.1) is 12.6 Å². The minimum Gasteiger partial charge on any atom is -0.390 e. The monoisotopic (exact) mass is 230 g/mol. The molecule has 2 atom stereocenters. The first-order valence-corrected chi connectivity index (χ1v) is 4.25. The summed E-state index contributed by atoms with van der Waals surface area (Å²) in [6.07, 6.45) is -3.10. The second kappa shape index (κ2) is 5.36. The predicted molar refractivity (Wildman–Crippen MR) is 49.1 cm³/mol. The first-order valence-electron chi connectivity index (χ1n) is 4.25. The number of pyridine rings is 1. The Labute approximate surface area is 88.8 Å². The molecule has 0 amide bonds. The van der Waals surface area contributed by atoms with Gasteiger partial charge in [-0.15, -0.1) is 0 Å². The number of azide groups is 1. The van der Waals surface area contributed by atoms with Crippen LogP contribution in [0.4, 0.5) is 8.78 Å². The molecule has 0 aliphatic rings. The van der Waals surface area contributed by atoms with Crippen molar-refractivity contribution >= 4 is 0 Å². The SMILES string of the molecule is [N-]=[N+]=NCC(O)C(O)c1ccc(F)nc1F.